The molecule has 4 rings (SSSR count). The van der Waals surface area contributed by atoms with E-state index in [1.165, 1.54) is 5.01 Å². The van der Waals surface area contributed by atoms with Crippen molar-refractivity contribution >= 4 is 23.2 Å². The van der Waals surface area contributed by atoms with Gasteiger partial charge in [0.25, 0.3) is 11.8 Å². The zero-order valence-electron chi connectivity index (χ0n) is 20.6. The largest absolute Gasteiger partial charge is 0.463 e. The Morgan fingerprint density at radius 3 is 2.18 bits per heavy atom. The molecule has 2 amide bonds. The normalized spacial score (nSPS) is 22.3. The molecular weight excluding hydrogens is 416 g/mol. The quantitative estimate of drug-likeness (QED) is 0.747. The van der Waals surface area contributed by atoms with Crippen molar-refractivity contribution in [2.45, 2.75) is 71.5 Å². The first-order valence-electron chi connectivity index (χ1n) is 11.5. The lowest BCUT2D eigenvalue weighted by molar-refractivity contribution is -0.122. The van der Waals surface area contributed by atoms with Gasteiger partial charge in [0.05, 0.1) is 17.4 Å². The Morgan fingerprint density at radius 1 is 1.03 bits per heavy atom. The van der Waals surface area contributed by atoms with Crippen LogP contribution in [-0.4, -0.2) is 46.6 Å². The van der Waals surface area contributed by atoms with Crippen molar-refractivity contribution < 1.29 is 14.0 Å². The number of hydrogen-bond donors (Lipinski definition) is 1. The van der Waals surface area contributed by atoms with Crippen molar-refractivity contribution in [3.05, 3.63) is 54.0 Å². The van der Waals surface area contributed by atoms with Gasteiger partial charge in [-0.05, 0) is 97.8 Å². The standard InChI is InChI=1S/C26H34N4O3/c1-24(2)15-18(16-25(3,4)29(24)7)27-22(31)17-10-12-19(13-11-17)30-23(32)26(5,6)21(28-30)20-9-8-14-33-20/h8-14,18H,15-16H2,1-7H3,(H,27,31). The smallest absolute Gasteiger partial charge is 0.259 e. The van der Waals surface area contributed by atoms with E-state index in [-0.39, 0.29) is 28.9 Å². The number of furan rings is 1. The maximum absolute atomic E-state index is 13.0. The van der Waals surface area contributed by atoms with Gasteiger partial charge in [0.15, 0.2) is 5.76 Å². The lowest BCUT2D eigenvalue weighted by atomic mass is 9.77. The van der Waals surface area contributed by atoms with Crippen molar-refractivity contribution in [2.75, 3.05) is 12.1 Å². The number of nitrogens with one attached hydrogen (secondary N) is 1. The summed E-state index contributed by atoms with van der Waals surface area (Å²) < 4.78 is 5.48. The van der Waals surface area contributed by atoms with Gasteiger partial charge in [0, 0.05) is 22.7 Å². The third kappa shape index (κ3) is 4.10. The molecule has 3 heterocycles. The summed E-state index contributed by atoms with van der Waals surface area (Å²) in [6, 6.07) is 10.7. The van der Waals surface area contributed by atoms with Crippen LogP contribution in [0.3, 0.4) is 0 Å². The number of anilines is 1. The topological polar surface area (TPSA) is 78.2 Å². The molecule has 1 aromatic heterocycles. The summed E-state index contributed by atoms with van der Waals surface area (Å²) in [5.41, 5.74) is 0.961. The van der Waals surface area contributed by atoms with Crippen molar-refractivity contribution in [1.82, 2.24) is 10.2 Å². The molecule has 1 aromatic carbocycles. The van der Waals surface area contributed by atoms with Gasteiger partial charge in [-0.2, -0.15) is 10.1 Å². The highest BCUT2D eigenvalue weighted by Crippen LogP contribution is 2.37. The molecule has 33 heavy (non-hydrogen) atoms. The number of hydrogen-bond acceptors (Lipinski definition) is 5. The summed E-state index contributed by atoms with van der Waals surface area (Å²) >= 11 is 0. The minimum Gasteiger partial charge on any atom is -0.463 e. The highest BCUT2D eigenvalue weighted by Gasteiger charge is 2.46. The zero-order chi connectivity index (χ0) is 24.2. The molecule has 2 aliphatic heterocycles. The Bertz CT molecular complexity index is 1060. The fourth-order valence-corrected chi connectivity index (χ4v) is 5.08. The number of carbonyl (C=O) groups excluding carboxylic acids is 2. The molecule has 7 nitrogen and oxygen atoms in total. The Kier molecular flexibility index (Phi) is 5.52. The molecular formula is C26H34N4O3. The number of hydrazone groups is 1. The molecule has 1 N–H and O–H groups in total. The molecule has 0 radical (unpaired) electrons. The van der Waals surface area contributed by atoms with Crippen LogP contribution < -0.4 is 10.3 Å². The second-order valence-electron chi connectivity index (χ2n) is 11.0. The average molecular weight is 451 g/mol. The number of likely N-dealkylation sites (tertiary alicyclic amines) is 1. The maximum Gasteiger partial charge on any atom is 0.259 e. The number of nitrogens with zero attached hydrogens (tertiary/aromatic N) is 3. The SMILES string of the molecule is CN1C(C)(C)CC(NC(=O)c2ccc(N3N=C(c4ccco4)C(C)(C)C3=O)cc2)CC1(C)C. The van der Waals surface area contributed by atoms with Crippen LogP contribution in [0.1, 0.15) is 70.5 Å². The summed E-state index contributed by atoms with van der Waals surface area (Å²) in [6.45, 7) is 12.5. The predicted octanol–water partition coefficient (Wildman–Crippen LogP) is 4.44. The highest BCUT2D eigenvalue weighted by atomic mass is 16.3. The maximum atomic E-state index is 13.0. The van der Waals surface area contributed by atoms with E-state index in [0.29, 0.717) is 22.7 Å². The van der Waals surface area contributed by atoms with Crippen molar-refractivity contribution in [1.29, 1.82) is 0 Å². The Labute approximate surface area is 195 Å². The van der Waals surface area contributed by atoms with Gasteiger partial charge in [-0.3, -0.25) is 14.5 Å². The summed E-state index contributed by atoms with van der Waals surface area (Å²) in [7, 11) is 2.15. The lowest BCUT2D eigenvalue weighted by Gasteiger charge is -2.53. The second kappa shape index (κ2) is 7.83. The van der Waals surface area contributed by atoms with E-state index in [2.05, 4.69) is 50.1 Å². The van der Waals surface area contributed by atoms with Crippen LogP contribution in [0, 0.1) is 5.41 Å². The number of rotatable bonds is 4. The number of carbonyl (C=O) groups is 2. The van der Waals surface area contributed by atoms with Crippen LogP contribution in [0.2, 0.25) is 0 Å². The third-order valence-corrected chi connectivity index (χ3v) is 7.29. The van der Waals surface area contributed by atoms with Gasteiger partial charge in [-0.15, -0.1) is 0 Å². The highest BCUT2D eigenvalue weighted by molar-refractivity contribution is 6.23. The fraction of sp³-hybridized carbons (Fsp3) is 0.500. The van der Waals surface area contributed by atoms with Gasteiger partial charge in [-0.1, -0.05) is 0 Å². The summed E-state index contributed by atoms with van der Waals surface area (Å²) in [5.74, 6) is 0.341. The zero-order valence-corrected chi connectivity index (χ0v) is 20.6. The van der Waals surface area contributed by atoms with E-state index in [0.717, 1.165) is 12.8 Å². The van der Waals surface area contributed by atoms with E-state index < -0.39 is 5.41 Å². The molecule has 1 saturated heterocycles. The van der Waals surface area contributed by atoms with Crippen LogP contribution in [0.4, 0.5) is 5.69 Å². The average Bonchev–Trinajstić information content (AvgIpc) is 3.33. The van der Waals surface area contributed by atoms with Crippen LogP contribution >= 0.6 is 0 Å². The van der Waals surface area contributed by atoms with Crippen molar-refractivity contribution in [3.63, 3.8) is 0 Å². The lowest BCUT2D eigenvalue weighted by Crippen LogP contribution is -2.62. The van der Waals surface area contributed by atoms with Gasteiger partial charge in [0.1, 0.15) is 5.71 Å². The molecule has 0 bridgehead atoms. The first kappa shape index (κ1) is 23.2. The summed E-state index contributed by atoms with van der Waals surface area (Å²) in [5, 5.41) is 9.15. The van der Waals surface area contributed by atoms with Crippen molar-refractivity contribution in [3.8, 4) is 0 Å². The monoisotopic (exact) mass is 450 g/mol. The van der Waals surface area contributed by atoms with Crippen molar-refractivity contribution in [2.24, 2.45) is 10.5 Å². The van der Waals surface area contributed by atoms with Gasteiger partial charge < -0.3 is 9.73 Å². The summed E-state index contributed by atoms with van der Waals surface area (Å²) in [4.78, 5) is 28.4. The Balaban J connectivity index is 1.50. The van der Waals surface area contributed by atoms with Crippen LogP contribution in [0.25, 0.3) is 0 Å². The molecule has 0 spiro atoms. The fourth-order valence-electron chi connectivity index (χ4n) is 5.08. The minimum absolute atomic E-state index is 0.00379. The molecule has 0 unspecified atom stereocenters. The first-order valence-corrected chi connectivity index (χ1v) is 11.5. The van der Waals surface area contributed by atoms with Crippen LogP contribution in [0.15, 0.2) is 52.2 Å². The predicted molar refractivity (Wildman–Crippen MR) is 129 cm³/mol. The Hall–Kier alpha value is -2.93. The van der Waals surface area contributed by atoms with E-state index in [1.807, 2.05) is 13.8 Å². The van der Waals surface area contributed by atoms with Gasteiger partial charge >= 0.3 is 0 Å². The van der Waals surface area contributed by atoms with E-state index in [4.69, 9.17) is 4.42 Å². The number of benzene rings is 1. The molecule has 2 aliphatic rings. The number of amides is 2. The molecule has 7 heteroatoms. The van der Waals surface area contributed by atoms with Gasteiger partial charge in [0.2, 0.25) is 0 Å². The Morgan fingerprint density at radius 2 is 1.64 bits per heavy atom. The molecule has 1 fully saturated rings. The van der Waals surface area contributed by atoms with Crippen LogP contribution in [-0.2, 0) is 4.79 Å². The summed E-state index contributed by atoms with van der Waals surface area (Å²) in [6.07, 6.45) is 3.35. The molecule has 2 aromatic rings. The minimum atomic E-state index is -0.804. The van der Waals surface area contributed by atoms with Crippen LogP contribution in [0.5, 0.6) is 0 Å². The molecule has 0 atom stereocenters. The molecule has 176 valence electrons. The third-order valence-electron chi connectivity index (χ3n) is 7.29. The van der Waals surface area contributed by atoms with E-state index in [1.54, 1.807) is 42.7 Å². The molecule has 0 aliphatic carbocycles. The first-order chi connectivity index (χ1) is 15.3. The molecule has 0 saturated carbocycles. The van der Waals surface area contributed by atoms with Gasteiger partial charge in [-0.25, -0.2) is 0 Å². The van der Waals surface area contributed by atoms with E-state index in [9.17, 15) is 9.59 Å². The second-order valence-corrected chi connectivity index (χ2v) is 11.0. The number of piperidine rings is 1. The van der Waals surface area contributed by atoms with E-state index >= 15 is 0 Å².